The predicted molar refractivity (Wildman–Crippen MR) is 105 cm³/mol. The Kier molecular flexibility index (Phi) is 6.38. The number of aromatic nitrogens is 1. The fraction of sp³-hybridized carbons (Fsp3) is 0.333. The van der Waals surface area contributed by atoms with Crippen LogP contribution >= 0.6 is 11.6 Å². The van der Waals surface area contributed by atoms with E-state index >= 15 is 0 Å². The van der Waals surface area contributed by atoms with E-state index in [9.17, 15) is 13.2 Å². The van der Waals surface area contributed by atoms with Gasteiger partial charge in [-0.1, -0.05) is 17.7 Å². The normalized spacial score (nSPS) is 15.4. The fourth-order valence-electron chi connectivity index (χ4n) is 2.97. The second-order valence-electron chi connectivity index (χ2n) is 6.26. The van der Waals surface area contributed by atoms with Crippen molar-refractivity contribution >= 4 is 33.3 Å². The number of hydrogen-bond donors (Lipinski definition) is 1. The first-order valence-corrected chi connectivity index (χ1v) is 10.6. The number of benzene rings is 1. The largest absolute Gasteiger partial charge is 0.480 e. The van der Waals surface area contributed by atoms with Crippen LogP contribution in [0.3, 0.4) is 0 Å². The highest BCUT2D eigenvalue weighted by atomic mass is 35.5. The monoisotopic (exact) mass is 425 g/mol. The molecule has 1 aromatic heterocycles. The highest BCUT2D eigenvalue weighted by Gasteiger charge is 2.28. The second-order valence-corrected chi connectivity index (χ2v) is 8.66. The van der Waals surface area contributed by atoms with E-state index in [2.05, 4.69) is 4.98 Å². The molecule has 0 atom stereocenters. The van der Waals surface area contributed by atoms with Crippen LogP contribution in [0.25, 0.3) is 0 Å². The number of halogens is 1. The maximum absolute atomic E-state index is 12.7. The Morgan fingerprint density at radius 3 is 2.57 bits per heavy atom. The molecule has 1 fully saturated rings. The molecular weight excluding hydrogens is 406 g/mol. The van der Waals surface area contributed by atoms with Crippen LogP contribution in [0.15, 0.2) is 42.6 Å². The van der Waals surface area contributed by atoms with Crippen molar-refractivity contribution in [3.05, 3.63) is 53.3 Å². The van der Waals surface area contributed by atoms with Gasteiger partial charge >= 0.3 is 5.97 Å². The summed E-state index contributed by atoms with van der Waals surface area (Å²) in [5.74, 6) is -0.819. The van der Waals surface area contributed by atoms with Gasteiger partial charge in [0.15, 0.2) is 6.61 Å². The molecule has 0 amide bonds. The summed E-state index contributed by atoms with van der Waals surface area (Å²) >= 11 is 6.08. The van der Waals surface area contributed by atoms with Crippen molar-refractivity contribution in [2.75, 3.05) is 37.7 Å². The highest BCUT2D eigenvalue weighted by Crippen LogP contribution is 2.32. The second kappa shape index (κ2) is 8.76. The van der Waals surface area contributed by atoms with Gasteiger partial charge in [-0.2, -0.15) is 4.31 Å². The van der Waals surface area contributed by atoms with Crippen LogP contribution in [0, 0.1) is 0 Å². The van der Waals surface area contributed by atoms with E-state index in [1.807, 2.05) is 4.90 Å². The zero-order valence-corrected chi connectivity index (χ0v) is 16.6. The van der Waals surface area contributed by atoms with Crippen molar-refractivity contribution in [2.24, 2.45) is 0 Å². The summed E-state index contributed by atoms with van der Waals surface area (Å²) in [6.07, 6.45) is 1.57. The molecule has 0 spiro atoms. The Morgan fingerprint density at radius 2 is 1.93 bits per heavy atom. The van der Waals surface area contributed by atoms with Gasteiger partial charge in [-0.25, -0.2) is 13.2 Å². The van der Waals surface area contributed by atoms with Crippen LogP contribution in [0.2, 0.25) is 5.02 Å². The number of carboxylic acid groups (broad SMARTS) is 1. The molecule has 1 aliphatic heterocycles. The predicted octanol–water partition coefficient (Wildman–Crippen LogP) is 1.85. The SMILES string of the molecule is O=C(O)COc1ccc(Cl)cc1N1CCN(S(=O)(=O)Cc2ccccn2)CC1. The van der Waals surface area contributed by atoms with E-state index < -0.39 is 22.6 Å². The minimum absolute atomic E-state index is 0.141. The number of pyridine rings is 1. The van der Waals surface area contributed by atoms with Gasteiger partial charge in [0.2, 0.25) is 10.0 Å². The van der Waals surface area contributed by atoms with Gasteiger partial charge in [0.1, 0.15) is 11.5 Å². The minimum atomic E-state index is -3.47. The molecule has 0 bridgehead atoms. The molecule has 3 rings (SSSR count). The van der Waals surface area contributed by atoms with Crippen molar-refractivity contribution < 1.29 is 23.1 Å². The van der Waals surface area contributed by atoms with Gasteiger partial charge in [0.25, 0.3) is 0 Å². The molecule has 1 saturated heterocycles. The molecule has 150 valence electrons. The number of ether oxygens (including phenoxy) is 1. The van der Waals surface area contributed by atoms with Crippen LogP contribution in [-0.2, 0) is 20.6 Å². The van der Waals surface area contributed by atoms with Gasteiger partial charge in [0.05, 0.1) is 11.4 Å². The van der Waals surface area contributed by atoms with E-state index in [1.165, 1.54) is 4.31 Å². The number of carbonyl (C=O) groups is 1. The van der Waals surface area contributed by atoms with E-state index in [0.29, 0.717) is 48.3 Å². The highest BCUT2D eigenvalue weighted by molar-refractivity contribution is 7.88. The Bertz CT molecular complexity index is 931. The van der Waals surface area contributed by atoms with Crippen molar-refractivity contribution in [1.82, 2.24) is 9.29 Å². The van der Waals surface area contributed by atoms with Crippen molar-refractivity contribution in [2.45, 2.75) is 5.75 Å². The summed E-state index contributed by atoms with van der Waals surface area (Å²) in [7, 11) is -3.47. The van der Waals surface area contributed by atoms with E-state index in [1.54, 1.807) is 42.6 Å². The topological polar surface area (TPSA) is 100 Å². The van der Waals surface area contributed by atoms with E-state index in [4.69, 9.17) is 21.4 Å². The molecule has 0 saturated carbocycles. The van der Waals surface area contributed by atoms with Crippen LogP contribution in [0.5, 0.6) is 5.75 Å². The number of carboxylic acids is 1. The average molecular weight is 426 g/mol. The lowest BCUT2D eigenvalue weighted by atomic mass is 10.2. The van der Waals surface area contributed by atoms with Gasteiger partial charge in [0, 0.05) is 37.4 Å². The summed E-state index contributed by atoms with van der Waals surface area (Å²) in [5.41, 5.74) is 1.15. The van der Waals surface area contributed by atoms with Gasteiger partial charge in [-0.3, -0.25) is 4.98 Å². The number of rotatable bonds is 7. The number of nitrogens with zero attached hydrogens (tertiary/aromatic N) is 3. The molecule has 28 heavy (non-hydrogen) atoms. The maximum atomic E-state index is 12.7. The maximum Gasteiger partial charge on any atom is 0.341 e. The quantitative estimate of drug-likeness (QED) is 0.722. The molecule has 2 heterocycles. The average Bonchev–Trinajstić information content (AvgIpc) is 2.67. The molecule has 10 heteroatoms. The Labute approximate surface area is 168 Å². The molecule has 2 aromatic rings. The van der Waals surface area contributed by atoms with Crippen LogP contribution < -0.4 is 9.64 Å². The Balaban J connectivity index is 1.68. The summed E-state index contributed by atoms with van der Waals surface area (Å²) in [5, 5.41) is 9.32. The van der Waals surface area contributed by atoms with Crippen molar-refractivity contribution in [3.8, 4) is 5.75 Å². The first-order valence-electron chi connectivity index (χ1n) is 8.62. The number of aliphatic carboxylic acids is 1. The summed E-state index contributed by atoms with van der Waals surface area (Å²) in [4.78, 5) is 16.8. The third kappa shape index (κ3) is 5.12. The van der Waals surface area contributed by atoms with Crippen molar-refractivity contribution in [3.63, 3.8) is 0 Å². The Morgan fingerprint density at radius 1 is 1.18 bits per heavy atom. The third-order valence-corrected chi connectivity index (χ3v) is 6.35. The number of hydrogen-bond acceptors (Lipinski definition) is 6. The molecule has 0 unspecified atom stereocenters. The lowest BCUT2D eigenvalue weighted by Crippen LogP contribution is -2.49. The zero-order valence-electron chi connectivity index (χ0n) is 15.0. The van der Waals surface area contributed by atoms with Gasteiger partial charge in [-0.05, 0) is 30.3 Å². The summed E-state index contributed by atoms with van der Waals surface area (Å²) < 4.78 is 32.1. The number of piperazine rings is 1. The first-order chi connectivity index (χ1) is 13.3. The molecule has 0 aliphatic carbocycles. The van der Waals surface area contributed by atoms with E-state index in [-0.39, 0.29) is 5.75 Å². The molecule has 1 N–H and O–H groups in total. The molecule has 1 aromatic carbocycles. The van der Waals surface area contributed by atoms with Crippen LogP contribution in [0.4, 0.5) is 5.69 Å². The van der Waals surface area contributed by atoms with Gasteiger partial charge in [-0.15, -0.1) is 0 Å². The lowest BCUT2D eigenvalue weighted by Gasteiger charge is -2.36. The Hall–Kier alpha value is -2.36. The van der Waals surface area contributed by atoms with Crippen molar-refractivity contribution in [1.29, 1.82) is 0 Å². The minimum Gasteiger partial charge on any atom is -0.480 e. The standard InChI is InChI=1S/C18H20ClN3O5S/c19-14-4-5-17(27-12-18(23)24)16(11-14)21-7-9-22(10-8-21)28(25,26)13-15-3-1-2-6-20-15/h1-6,11H,7-10,12-13H2,(H,23,24). The first kappa shape index (κ1) is 20.4. The lowest BCUT2D eigenvalue weighted by molar-refractivity contribution is -0.139. The molecule has 1 aliphatic rings. The smallest absolute Gasteiger partial charge is 0.341 e. The third-order valence-electron chi connectivity index (χ3n) is 4.30. The molecule has 8 nitrogen and oxygen atoms in total. The summed E-state index contributed by atoms with van der Waals surface area (Å²) in [6.45, 7) is 1.02. The van der Waals surface area contributed by atoms with E-state index in [0.717, 1.165) is 0 Å². The number of anilines is 1. The molecular formula is C18H20ClN3O5S. The zero-order chi connectivity index (χ0) is 20.1. The molecule has 0 radical (unpaired) electrons. The van der Waals surface area contributed by atoms with Gasteiger partial charge < -0.3 is 14.7 Å². The van der Waals surface area contributed by atoms with Crippen LogP contribution in [-0.4, -0.2) is 61.6 Å². The number of sulfonamides is 1. The van der Waals surface area contributed by atoms with Crippen LogP contribution in [0.1, 0.15) is 5.69 Å². The summed E-state index contributed by atoms with van der Waals surface area (Å²) in [6, 6.07) is 10.1. The fourth-order valence-corrected chi connectivity index (χ4v) is 4.58.